The lowest BCUT2D eigenvalue weighted by Gasteiger charge is -2.20. The Kier molecular flexibility index (Phi) is 6.48. The summed E-state index contributed by atoms with van der Waals surface area (Å²) in [4.78, 5) is 6.22. The molecule has 0 saturated carbocycles. The van der Waals surface area contributed by atoms with Gasteiger partial charge in [-0.3, -0.25) is 4.98 Å². The van der Waals surface area contributed by atoms with Gasteiger partial charge in [0.05, 0.1) is 5.02 Å². The second kappa shape index (κ2) is 7.64. The minimum atomic E-state index is 0.474. The van der Waals surface area contributed by atoms with E-state index in [-0.39, 0.29) is 0 Å². The van der Waals surface area contributed by atoms with Crippen molar-refractivity contribution in [1.29, 1.82) is 0 Å². The van der Waals surface area contributed by atoms with Crippen LogP contribution in [0.2, 0.25) is 5.02 Å². The van der Waals surface area contributed by atoms with Crippen LogP contribution in [0.15, 0.2) is 18.5 Å². The summed E-state index contributed by atoms with van der Waals surface area (Å²) >= 11 is 6.13. The molecule has 0 spiro atoms. The first-order valence-electron chi connectivity index (χ1n) is 6.10. The zero-order chi connectivity index (χ0) is 12.7. The quantitative estimate of drug-likeness (QED) is 0.810. The molecule has 0 aliphatic heterocycles. The van der Waals surface area contributed by atoms with E-state index in [1.807, 2.05) is 6.07 Å². The molecule has 0 radical (unpaired) electrons. The summed E-state index contributed by atoms with van der Waals surface area (Å²) in [6, 6.07) is 2.48. The average molecular weight is 256 g/mol. The summed E-state index contributed by atoms with van der Waals surface area (Å²) in [6.07, 6.45) is 5.60. The van der Waals surface area contributed by atoms with Gasteiger partial charge in [0.15, 0.2) is 0 Å². The van der Waals surface area contributed by atoms with Crippen molar-refractivity contribution in [3.8, 4) is 0 Å². The van der Waals surface area contributed by atoms with Gasteiger partial charge < -0.3 is 10.2 Å². The lowest BCUT2D eigenvalue weighted by Crippen LogP contribution is -2.34. The molecule has 0 aromatic carbocycles. The van der Waals surface area contributed by atoms with Crippen molar-refractivity contribution in [1.82, 2.24) is 15.2 Å². The van der Waals surface area contributed by atoms with E-state index in [0.29, 0.717) is 6.04 Å². The molecule has 1 atom stereocenters. The Morgan fingerprint density at radius 1 is 1.47 bits per heavy atom. The standard InChI is InChI=1S/C13H22ClN3/c1-4-16-12(6-8-17(2)3)9-11-5-7-15-10-13(11)14/h5,7,10,12,16H,4,6,8-9H2,1-3H3. The molecule has 4 heteroatoms. The van der Waals surface area contributed by atoms with Gasteiger partial charge in [-0.05, 0) is 51.7 Å². The van der Waals surface area contributed by atoms with Crippen molar-refractivity contribution >= 4 is 11.6 Å². The van der Waals surface area contributed by atoms with E-state index in [9.17, 15) is 0 Å². The van der Waals surface area contributed by atoms with Crippen molar-refractivity contribution in [2.75, 3.05) is 27.2 Å². The number of nitrogens with zero attached hydrogens (tertiary/aromatic N) is 2. The minimum absolute atomic E-state index is 0.474. The lowest BCUT2D eigenvalue weighted by atomic mass is 10.0. The number of aromatic nitrogens is 1. The van der Waals surface area contributed by atoms with Crippen molar-refractivity contribution in [3.05, 3.63) is 29.0 Å². The Bertz CT molecular complexity index is 328. The van der Waals surface area contributed by atoms with E-state index in [4.69, 9.17) is 11.6 Å². The fraction of sp³-hybridized carbons (Fsp3) is 0.615. The number of pyridine rings is 1. The van der Waals surface area contributed by atoms with E-state index in [0.717, 1.165) is 31.0 Å². The average Bonchev–Trinajstić information content (AvgIpc) is 2.29. The molecule has 0 aliphatic rings. The van der Waals surface area contributed by atoms with E-state index in [1.165, 1.54) is 5.56 Å². The largest absolute Gasteiger partial charge is 0.314 e. The third-order valence-electron chi connectivity index (χ3n) is 2.74. The van der Waals surface area contributed by atoms with Crippen LogP contribution in [0.5, 0.6) is 0 Å². The van der Waals surface area contributed by atoms with Crippen LogP contribution in [-0.4, -0.2) is 43.1 Å². The highest BCUT2D eigenvalue weighted by atomic mass is 35.5. The Morgan fingerprint density at radius 2 is 2.24 bits per heavy atom. The third-order valence-corrected chi connectivity index (χ3v) is 3.08. The molecule has 1 unspecified atom stereocenters. The van der Waals surface area contributed by atoms with Gasteiger partial charge in [0, 0.05) is 18.4 Å². The molecule has 3 nitrogen and oxygen atoms in total. The normalized spacial score (nSPS) is 13.0. The molecule has 0 aliphatic carbocycles. The van der Waals surface area contributed by atoms with Crippen LogP contribution in [-0.2, 0) is 6.42 Å². The molecule has 96 valence electrons. The Labute approximate surface area is 109 Å². The van der Waals surface area contributed by atoms with Crippen molar-refractivity contribution in [2.24, 2.45) is 0 Å². The van der Waals surface area contributed by atoms with Crippen molar-refractivity contribution in [2.45, 2.75) is 25.8 Å². The smallest absolute Gasteiger partial charge is 0.0621 e. The maximum absolute atomic E-state index is 6.13. The Hall–Kier alpha value is -0.640. The molecular formula is C13H22ClN3. The van der Waals surface area contributed by atoms with Crippen LogP contribution in [0.25, 0.3) is 0 Å². The van der Waals surface area contributed by atoms with Gasteiger partial charge in [-0.2, -0.15) is 0 Å². The molecule has 0 amide bonds. The molecule has 0 fully saturated rings. The molecule has 17 heavy (non-hydrogen) atoms. The monoisotopic (exact) mass is 255 g/mol. The van der Waals surface area contributed by atoms with Gasteiger partial charge in [0.25, 0.3) is 0 Å². The molecule has 1 aromatic rings. The molecule has 1 heterocycles. The molecule has 1 N–H and O–H groups in total. The topological polar surface area (TPSA) is 28.2 Å². The van der Waals surface area contributed by atoms with Crippen molar-refractivity contribution in [3.63, 3.8) is 0 Å². The third kappa shape index (κ3) is 5.48. The van der Waals surface area contributed by atoms with E-state index < -0.39 is 0 Å². The maximum atomic E-state index is 6.13. The summed E-state index contributed by atoms with van der Waals surface area (Å²) < 4.78 is 0. The second-order valence-corrected chi connectivity index (χ2v) is 4.92. The number of nitrogens with one attached hydrogen (secondary N) is 1. The fourth-order valence-electron chi connectivity index (χ4n) is 1.81. The zero-order valence-corrected chi connectivity index (χ0v) is 11.7. The molecular weight excluding hydrogens is 234 g/mol. The van der Waals surface area contributed by atoms with Crippen LogP contribution in [0.1, 0.15) is 18.9 Å². The van der Waals surface area contributed by atoms with Crippen LogP contribution >= 0.6 is 11.6 Å². The highest BCUT2D eigenvalue weighted by Gasteiger charge is 2.10. The first-order chi connectivity index (χ1) is 8.13. The van der Waals surface area contributed by atoms with Gasteiger partial charge >= 0.3 is 0 Å². The molecule has 0 saturated heterocycles. The van der Waals surface area contributed by atoms with Gasteiger partial charge in [-0.25, -0.2) is 0 Å². The van der Waals surface area contributed by atoms with Gasteiger partial charge in [-0.15, -0.1) is 0 Å². The number of rotatable bonds is 7. The van der Waals surface area contributed by atoms with Crippen LogP contribution in [0, 0.1) is 0 Å². The van der Waals surface area contributed by atoms with E-state index >= 15 is 0 Å². The summed E-state index contributed by atoms with van der Waals surface area (Å²) in [5, 5.41) is 4.27. The summed E-state index contributed by atoms with van der Waals surface area (Å²) in [6.45, 7) is 4.21. The summed E-state index contributed by atoms with van der Waals surface area (Å²) in [5.41, 5.74) is 1.17. The van der Waals surface area contributed by atoms with E-state index in [1.54, 1.807) is 12.4 Å². The van der Waals surface area contributed by atoms with Crippen LogP contribution in [0.4, 0.5) is 0 Å². The fourth-order valence-corrected chi connectivity index (χ4v) is 2.01. The molecule has 1 aromatic heterocycles. The zero-order valence-electron chi connectivity index (χ0n) is 10.9. The second-order valence-electron chi connectivity index (χ2n) is 4.52. The molecule has 0 bridgehead atoms. The summed E-state index contributed by atoms with van der Waals surface area (Å²) in [5.74, 6) is 0. The summed E-state index contributed by atoms with van der Waals surface area (Å²) in [7, 11) is 4.20. The van der Waals surface area contributed by atoms with Crippen LogP contribution in [0.3, 0.4) is 0 Å². The SMILES string of the molecule is CCNC(CCN(C)C)Cc1ccncc1Cl. The Balaban J connectivity index is 2.56. The maximum Gasteiger partial charge on any atom is 0.0621 e. The van der Waals surface area contributed by atoms with Gasteiger partial charge in [-0.1, -0.05) is 18.5 Å². The minimum Gasteiger partial charge on any atom is -0.314 e. The highest BCUT2D eigenvalue weighted by molar-refractivity contribution is 6.31. The predicted molar refractivity (Wildman–Crippen MR) is 73.6 cm³/mol. The molecule has 1 rings (SSSR count). The number of hydrogen-bond donors (Lipinski definition) is 1. The first-order valence-corrected chi connectivity index (χ1v) is 6.47. The Morgan fingerprint density at radius 3 is 2.82 bits per heavy atom. The first kappa shape index (κ1) is 14.4. The highest BCUT2D eigenvalue weighted by Crippen LogP contribution is 2.16. The van der Waals surface area contributed by atoms with E-state index in [2.05, 4.69) is 36.2 Å². The predicted octanol–water partition coefficient (Wildman–Crippen LogP) is 2.21. The number of likely N-dealkylation sites (N-methyl/N-ethyl adjacent to an activating group) is 1. The number of halogens is 1. The number of hydrogen-bond acceptors (Lipinski definition) is 3. The van der Waals surface area contributed by atoms with Gasteiger partial charge in [0.1, 0.15) is 0 Å². The lowest BCUT2D eigenvalue weighted by molar-refractivity contribution is 0.358. The van der Waals surface area contributed by atoms with Crippen molar-refractivity contribution < 1.29 is 0 Å². The van der Waals surface area contributed by atoms with Crippen LogP contribution < -0.4 is 5.32 Å². The van der Waals surface area contributed by atoms with Gasteiger partial charge in [0.2, 0.25) is 0 Å².